The molecule has 0 aliphatic carbocycles. The van der Waals surface area contributed by atoms with Crippen LogP contribution in [0.3, 0.4) is 0 Å². The molecule has 0 unspecified atom stereocenters. The van der Waals surface area contributed by atoms with Crippen molar-refractivity contribution in [3.63, 3.8) is 0 Å². The van der Waals surface area contributed by atoms with E-state index in [1.54, 1.807) is 19.5 Å². The summed E-state index contributed by atoms with van der Waals surface area (Å²) in [6.45, 7) is 2.94. The van der Waals surface area contributed by atoms with Crippen molar-refractivity contribution in [3.05, 3.63) is 95.8 Å². The number of methoxy groups -OCH3 is 1. The first-order valence-electron chi connectivity index (χ1n) is 14.6. The number of benzene rings is 3. The number of halogens is 1. The lowest BCUT2D eigenvalue weighted by Gasteiger charge is -2.37. The Morgan fingerprint density at radius 2 is 1.77 bits per heavy atom. The summed E-state index contributed by atoms with van der Waals surface area (Å²) < 4.78 is 7.26. The Labute approximate surface area is 256 Å². The third-order valence-corrected chi connectivity index (χ3v) is 8.54. The lowest BCUT2D eigenvalue weighted by Crippen LogP contribution is -2.48. The van der Waals surface area contributed by atoms with E-state index in [4.69, 9.17) is 26.4 Å². The minimum atomic E-state index is 0.134. The zero-order valence-corrected chi connectivity index (χ0v) is 25.2. The van der Waals surface area contributed by atoms with Gasteiger partial charge in [0, 0.05) is 36.1 Å². The van der Waals surface area contributed by atoms with Crippen LogP contribution in [0.5, 0.6) is 5.75 Å². The molecular formula is C34H35ClN6O2. The van der Waals surface area contributed by atoms with Crippen molar-refractivity contribution in [3.8, 4) is 28.5 Å². The molecule has 1 amide bonds. The molecule has 0 bridgehead atoms. The summed E-state index contributed by atoms with van der Waals surface area (Å²) in [4.78, 5) is 27.5. The summed E-state index contributed by atoms with van der Waals surface area (Å²) in [5, 5.41) is 7.67. The Bertz CT molecular complexity index is 1710. The van der Waals surface area contributed by atoms with E-state index in [1.807, 2.05) is 53.2 Å². The van der Waals surface area contributed by atoms with E-state index in [0.29, 0.717) is 41.9 Å². The molecule has 0 radical (unpaired) electrons. The number of piperidine rings is 1. The summed E-state index contributed by atoms with van der Waals surface area (Å²) in [6.07, 6.45) is 5.70. The van der Waals surface area contributed by atoms with Gasteiger partial charge in [-0.2, -0.15) is 5.10 Å². The Hall–Kier alpha value is -4.27. The van der Waals surface area contributed by atoms with Gasteiger partial charge in [0.25, 0.3) is 0 Å². The monoisotopic (exact) mass is 594 g/mol. The van der Waals surface area contributed by atoms with Crippen molar-refractivity contribution < 1.29 is 9.53 Å². The SMILES string of the molecule is COc1ccc(-c2nc(-c3ccncc3)nn2CCN(C(=O)Cc2cccc3ccccc23)C2CCN(C)CC2)cc1Cl. The first kappa shape index (κ1) is 28.8. The average Bonchev–Trinajstić information content (AvgIpc) is 3.47. The molecule has 2 aromatic heterocycles. The zero-order valence-electron chi connectivity index (χ0n) is 24.5. The fourth-order valence-electron chi connectivity index (χ4n) is 5.87. The maximum absolute atomic E-state index is 14.1. The molecule has 0 spiro atoms. The van der Waals surface area contributed by atoms with E-state index in [9.17, 15) is 4.79 Å². The second-order valence-electron chi connectivity index (χ2n) is 11.0. The first-order valence-corrected chi connectivity index (χ1v) is 15.0. The van der Waals surface area contributed by atoms with Crippen LogP contribution in [0.15, 0.2) is 85.2 Å². The molecule has 3 heterocycles. The fourth-order valence-corrected chi connectivity index (χ4v) is 6.13. The van der Waals surface area contributed by atoms with Crippen molar-refractivity contribution in [2.45, 2.75) is 31.8 Å². The summed E-state index contributed by atoms with van der Waals surface area (Å²) in [7, 11) is 3.73. The number of ether oxygens (including phenoxy) is 1. The van der Waals surface area contributed by atoms with Crippen molar-refractivity contribution in [2.24, 2.45) is 0 Å². The van der Waals surface area contributed by atoms with E-state index < -0.39 is 0 Å². The second kappa shape index (κ2) is 12.9. The van der Waals surface area contributed by atoms with E-state index in [2.05, 4.69) is 46.1 Å². The molecule has 1 aliphatic heterocycles. The van der Waals surface area contributed by atoms with Crippen LogP contribution < -0.4 is 4.74 Å². The molecule has 5 aromatic rings. The smallest absolute Gasteiger partial charge is 0.227 e. The largest absolute Gasteiger partial charge is 0.495 e. The predicted molar refractivity (Wildman–Crippen MR) is 170 cm³/mol. The van der Waals surface area contributed by atoms with E-state index in [0.717, 1.165) is 53.4 Å². The van der Waals surface area contributed by atoms with E-state index in [1.165, 1.54) is 0 Å². The molecule has 1 aliphatic rings. The third kappa shape index (κ3) is 6.40. The van der Waals surface area contributed by atoms with Gasteiger partial charge in [-0.25, -0.2) is 9.67 Å². The molecule has 1 saturated heterocycles. The highest BCUT2D eigenvalue weighted by Crippen LogP contribution is 2.31. The van der Waals surface area contributed by atoms with Gasteiger partial charge in [0.2, 0.25) is 5.91 Å². The van der Waals surface area contributed by atoms with Crippen LogP contribution in [0.1, 0.15) is 18.4 Å². The van der Waals surface area contributed by atoms with Crippen LogP contribution in [-0.4, -0.2) is 75.3 Å². The first-order chi connectivity index (χ1) is 21.0. The maximum atomic E-state index is 14.1. The molecule has 9 heteroatoms. The highest BCUT2D eigenvalue weighted by molar-refractivity contribution is 6.32. The second-order valence-corrected chi connectivity index (χ2v) is 11.4. The van der Waals surface area contributed by atoms with Crippen molar-refractivity contribution in [1.82, 2.24) is 29.5 Å². The van der Waals surface area contributed by atoms with Gasteiger partial charge >= 0.3 is 0 Å². The van der Waals surface area contributed by atoms with Gasteiger partial charge in [0.05, 0.1) is 25.1 Å². The van der Waals surface area contributed by atoms with Crippen LogP contribution in [0.2, 0.25) is 5.02 Å². The fraction of sp³-hybridized carbons (Fsp3) is 0.294. The lowest BCUT2D eigenvalue weighted by molar-refractivity contribution is -0.134. The van der Waals surface area contributed by atoms with Crippen molar-refractivity contribution in [1.29, 1.82) is 0 Å². The summed E-state index contributed by atoms with van der Waals surface area (Å²) in [5.41, 5.74) is 2.75. The van der Waals surface area contributed by atoms with Crippen molar-refractivity contribution in [2.75, 3.05) is 33.8 Å². The number of aromatic nitrogens is 4. The number of carbonyl (C=O) groups is 1. The molecule has 0 saturated carbocycles. The highest BCUT2D eigenvalue weighted by atomic mass is 35.5. The molecule has 6 rings (SSSR count). The quantitative estimate of drug-likeness (QED) is 0.209. The number of fused-ring (bicyclic) bond motifs is 1. The average molecular weight is 595 g/mol. The van der Waals surface area contributed by atoms with Gasteiger partial charge < -0.3 is 14.5 Å². The number of carbonyl (C=O) groups excluding carboxylic acids is 1. The highest BCUT2D eigenvalue weighted by Gasteiger charge is 2.28. The molecule has 1 fully saturated rings. The Morgan fingerprint density at radius 3 is 2.53 bits per heavy atom. The van der Waals surface area contributed by atoms with Gasteiger partial charge in [-0.1, -0.05) is 54.1 Å². The number of nitrogens with zero attached hydrogens (tertiary/aromatic N) is 6. The Kier molecular flexibility index (Phi) is 8.67. The standard InChI is InChI=1S/C34H35ClN6O2/c1-39-18-14-28(15-19-39)40(32(42)23-26-8-5-7-24-6-3-4-9-29(24)26)20-21-41-34(27-10-11-31(43-2)30(35)22-27)37-33(38-41)25-12-16-36-17-13-25/h3-13,16-17,22,28H,14-15,18-21,23H2,1-2H3. The van der Waals surface area contributed by atoms with Crippen LogP contribution in [0, 0.1) is 0 Å². The van der Waals surface area contributed by atoms with Gasteiger partial charge in [0.1, 0.15) is 5.75 Å². The molecule has 3 aromatic carbocycles. The molecule has 43 heavy (non-hydrogen) atoms. The molecule has 8 nitrogen and oxygen atoms in total. The van der Waals surface area contributed by atoms with Gasteiger partial charge in [0.15, 0.2) is 11.6 Å². The number of hydrogen-bond acceptors (Lipinski definition) is 6. The van der Waals surface area contributed by atoms with Gasteiger partial charge in [-0.05, 0) is 79.6 Å². The number of pyridine rings is 1. The molecular weight excluding hydrogens is 560 g/mol. The Balaban J connectivity index is 1.31. The minimum Gasteiger partial charge on any atom is -0.495 e. The number of likely N-dealkylation sites (tertiary alicyclic amines) is 1. The summed E-state index contributed by atoms with van der Waals surface area (Å²) >= 11 is 6.51. The molecule has 0 atom stereocenters. The van der Waals surface area contributed by atoms with Crippen LogP contribution in [0.25, 0.3) is 33.5 Å². The van der Waals surface area contributed by atoms with Crippen LogP contribution >= 0.6 is 11.6 Å². The lowest BCUT2D eigenvalue weighted by atomic mass is 9.99. The number of amides is 1. The maximum Gasteiger partial charge on any atom is 0.227 e. The van der Waals surface area contributed by atoms with Gasteiger partial charge in [-0.15, -0.1) is 0 Å². The Morgan fingerprint density at radius 1 is 1.00 bits per heavy atom. The number of rotatable bonds is 9. The van der Waals surface area contributed by atoms with Crippen molar-refractivity contribution >= 4 is 28.3 Å². The van der Waals surface area contributed by atoms with Crippen LogP contribution in [-0.2, 0) is 17.8 Å². The topological polar surface area (TPSA) is 76.4 Å². The molecule has 0 N–H and O–H groups in total. The summed E-state index contributed by atoms with van der Waals surface area (Å²) in [5.74, 6) is 2.01. The summed E-state index contributed by atoms with van der Waals surface area (Å²) in [6, 6.07) is 24.0. The zero-order chi connectivity index (χ0) is 29.8. The van der Waals surface area contributed by atoms with Crippen LogP contribution in [0.4, 0.5) is 0 Å². The van der Waals surface area contributed by atoms with Gasteiger partial charge in [-0.3, -0.25) is 9.78 Å². The van der Waals surface area contributed by atoms with E-state index in [-0.39, 0.29) is 11.9 Å². The predicted octanol–water partition coefficient (Wildman–Crippen LogP) is 5.99. The molecule has 220 valence electrons. The normalized spacial score (nSPS) is 14.2. The minimum absolute atomic E-state index is 0.134. The van der Waals surface area contributed by atoms with E-state index >= 15 is 0 Å². The third-order valence-electron chi connectivity index (χ3n) is 8.24. The number of hydrogen-bond donors (Lipinski definition) is 0.